The van der Waals surface area contributed by atoms with Crippen LogP contribution >= 0.6 is 0 Å². The van der Waals surface area contributed by atoms with Gasteiger partial charge in [-0.3, -0.25) is 0 Å². The Balaban J connectivity index is 2.03. The number of ether oxygens (including phenoxy) is 1. The number of carbonyl (C=O) groups is 1. The van der Waals surface area contributed by atoms with Crippen LogP contribution in [-0.2, 0) is 4.74 Å². The summed E-state index contributed by atoms with van der Waals surface area (Å²) in [7, 11) is 0. The molecule has 1 aliphatic heterocycles. The number of hydrogen-bond donors (Lipinski definition) is 2. The van der Waals surface area contributed by atoms with Crippen molar-refractivity contribution >= 4 is 6.09 Å². The van der Waals surface area contributed by atoms with Gasteiger partial charge in [-0.15, -0.1) is 0 Å². The van der Waals surface area contributed by atoms with Gasteiger partial charge in [0, 0.05) is 13.1 Å². The fourth-order valence-electron chi connectivity index (χ4n) is 4.00. The van der Waals surface area contributed by atoms with Crippen molar-refractivity contribution < 1.29 is 14.6 Å². The van der Waals surface area contributed by atoms with Crippen LogP contribution in [0.4, 0.5) is 4.79 Å². The molecule has 0 aromatic rings. The molecule has 1 aliphatic carbocycles. The van der Waals surface area contributed by atoms with E-state index in [1.807, 2.05) is 20.8 Å². The molecular formula is C18H34N2O3. The molecule has 23 heavy (non-hydrogen) atoms. The van der Waals surface area contributed by atoms with Crippen molar-refractivity contribution in [1.82, 2.24) is 4.90 Å². The molecule has 3 N–H and O–H groups in total. The van der Waals surface area contributed by atoms with Crippen molar-refractivity contribution in [1.29, 1.82) is 0 Å². The molecule has 5 heteroatoms. The van der Waals surface area contributed by atoms with Gasteiger partial charge >= 0.3 is 6.09 Å². The van der Waals surface area contributed by atoms with Gasteiger partial charge in [0.25, 0.3) is 0 Å². The van der Waals surface area contributed by atoms with Crippen molar-refractivity contribution in [2.45, 2.75) is 89.4 Å². The van der Waals surface area contributed by atoms with E-state index in [2.05, 4.69) is 6.92 Å². The van der Waals surface area contributed by atoms with E-state index < -0.39 is 16.7 Å². The van der Waals surface area contributed by atoms with Crippen LogP contribution in [0.15, 0.2) is 0 Å². The monoisotopic (exact) mass is 326 g/mol. The van der Waals surface area contributed by atoms with Gasteiger partial charge in [0.2, 0.25) is 0 Å². The van der Waals surface area contributed by atoms with E-state index in [1.54, 1.807) is 4.90 Å². The number of nitrogens with zero attached hydrogens (tertiary/aromatic N) is 1. The molecular weight excluding hydrogens is 292 g/mol. The van der Waals surface area contributed by atoms with E-state index in [-0.39, 0.29) is 6.09 Å². The predicted octanol–water partition coefficient (Wildman–Crippen LogP) is 3.05. The highest BCUT2D eigenvalue weighted by Gasteiger charge is 2.52. The van der Waals surface area contributed by atoms with Gasteiger partial charge in [0.15, 0.2) is 0 Å². The number of hydrogen-bond acceptors (Lipinski definition) is 4. The first kappa shape index (κ1) is 18.5. The molecule has 2 rings (SSSR count). The predicted molar refractivity (Wildman–Crippen MR) is 91.2 cm³/mol. The Kier molecular flexibility index (Phi) is 5.31. The second kappa shape index (κ2) is 6.60. The highest BCUT2D eigenvalue weighted by molar-refractivity contribution is 5.68. The average Bonchev–Trinajstić information content (AvgIpc) is 2.74. The Morgan fingerprint density at radius 2 is 2.00 bits per heavy atom. The molecule has 5 nitrogen and oxygen atoms in total. The first-order valence-corrected chi connectivity index (χ1v) is 9.08. The lowest BCUT2D eigenvalue weighted by Crippen LogP contribution is -2.62. The highest BCUT2D eigenvalue weighted by atomic mass is 16.6. The van der Waals surface area contributed by atoms with Gasteiger partial charge in [0.1, 0.15) is 5.60 Å². The molecule has 0 aromatic heterocycles. The molecule has 3 unspecified atom stereocenters. The second-order valence-corrected chi connectivity index (χ2v) is 8.54. The normalized spacial score (nSPS) is 35.9. The molecule has 3 atom stereocenters. The van der Waals surface area contributed by atoms with E-state index in [0.29, 0.717) is 25.4 Å². The first-order valence-electron chi connectivity index (χ1n) is 9.08. The fourth-order valence-corrected chi connectivity index (χ4v) is 4.00. The summed E-state index contributed by atoms with van der Waals surface area (Å²) in [6.45, 7) is 8.74. The van der Waals surface area contributed by atoms with Crippen LogP contribution in [-0.4, -0.2) is 45.9 Å². The summed E-state index contributed by atoms with van der Waals surface area (Å²) in [4.78, 5) is 13.9. The van der Waals surface area contributed by atoms with E-state index >= 15 is 0 Å². The Morgan fingerprint density at radius 1 is 1.30 bits per heavy atom. The minimum absolute atomic E-state index is 0.325. The Labute approximate surface area is 140 Å². The largest absolute Gasteiger partial charge is 0.444 e. The van der Waals surface area contributed by atoms with E-state index in [0.717, 1.165) is 32.1 Å². The van der Waals surface area contributed by atoms with Gasteiger partial charge in [-0.2, -0.15) is 0 Å². The summed E-state index contributed by atoms with van der Waals surface area (Å²) in [5.74, 6) is 0.691. The summed E-state index contributed by atoms with van der Waals surface area (Å²) in [5, 5.41) is 11.3. The standard InChI is InChI=1S/C18H34N2O3/c1-5-14-7-6-9-18(22,10-8-14)17(19)11-12-20(13-17)15(21)23-16(2,3)4/h14,22H,5-13,19H2,1-4H3. The maximum atomic E-state index is 12.3. The van der Waals surface area contributed by atoms with Crippen LogP contribution in [0.5, 0.6) is 0 Å². The number of nitrogens with two attached hydrogens (primary N) is 1. The maximum Gasteiger partial charge on any atom is 0.410 e. The number of amides is 1. The molecule has 1 saturated carbocycles. The number of carbonyl (C=O) groups excluding carboxylic acids is 1. The fraction of sp³-hybridized carbons (Fsp3) is 0.944. The molecule has 2 aliphatic rings. The van der Waals surface area contributed by atoms with E-state index in [1.165, 1.54) is 6.42 Å². The van der Waals surface area contributed by atoms with Crippen molar-refractivity contribution in [3.05, 3.63) is 0 Å². The lowest BCUT2D eigenvalue weighted by molar-refractivity contribution is -0.0463. The molecule has 0 spiro atoms. The highest BCUT2D eigenvalue weighted by Crippen LogP contribution is 2.41. The summed E-state index contributed by atoms with van der Waals surface area (Å²) in [6, 6.07) is 0. The average molecular weight is 326 g/mol. The van der Waals surface area contributed by atoms with Gasteiger partial charge in [-0.05, 0) is 52.4 Å². The van der Waals surface area contributed by atoms with E-state index in [4.69, 9.17) is 10.5 Å². The molecule has 2 fully saturated rings. The van der Waals surface area contributed by atoms with Crippen LogP contribution in [0, 0.1) is 5.92 Å². The van der Waals surface area contributed by atoms with Crippen molar-refractivity contribution in [2.24, 2.45) is 11.7 Å². The minimum Gasteiger partial charge on any atom is -0.444 e. The number of likely N-dealkylation sites (tertiary alicyclic amines) is 1. The topological polar surface area (TPSA) is 75.8 Å². The van der Waals surface area contributed by atoms with Gasteiger partial charge in [-0.1, -0.05) is 26.2 Å². The smallest absolute Gasteiger partial charge is 0.410 e. The molecule has 0 bridgehead atoms. The van der Waals surface area contributed by atoms with Crippen LogP contribution in [0.25, 0.3) is 0 Å². The van der Waals surface area contributed by atoms with Gasteiger partial charge < -0.3 is 20.5 Å². The zero-order valence-electron chi connectivity index (χ0n) is 15.2. The SMILES string of the molecule is CCC1CCCC(O)(C2(N)CCN(C(=O)OC(C)(C)C)C2)CC1. The quantitative estimate of drug-likeness (QED) is 0.765. The summed E-state index contributed by atoms with van der Waals surface area (Å²) in [5.41, 5.74) is 4.52. The zero-order valence-corrected chi connectivity index (χ0v) is 15.2. The molecule has 0 radical (unpaired) electrons. The Bertz CT molecular complexity index is 434. The van der Waals surface area contributed by atoms with E-state index in [9.17, 15) is 9.90 Å². The van der Waals surface area contributed by atoms with Crippen molar-refractivity contribution in [3.63, 3.8) is 0 Å². The van der Waals surface area contributed by atoms with Crippen LogP contribution < -0.4 is 5.73 Å². The Morgan fingerprint density at radius 3 is 2.61 bits per heavy atom. The third-order valence-corrected chi connectivity index (χ3v) is 5.63. The zero-order chi connectivity index (χ0) is 17.3. The molecule has 0 aromatic carbocycles. The maximum absolute atomic E-state index is 12.3. The van der Waals surface area contributed by atoms with Crippen LogP contribution in [0.3, 0.4) is 0 Å². The minimum atomic E-state index is -0.867. The first-order chi connectivity index (χ1) is 10.6. The lowest BCUT2D eigenvalue weighted by atomic mass is 9.74. The van der Waals surface area contributed by atoms with Crippen LogP contribution in [0.1, 0.15) is 72.6 Å². The third kappa shape index (κ3) is 4.18. The third-order valence-electron chi connectivity index (χ3n) is 5.63. The summed E-state index contributed by atoms with van der Waals surface area (Å²) >= 11 is 0. The number of aliphatic hydroxyl groups is 1. The van der Waals surface area contributed by atoms with Gasteiger partial charge in [0.05, 0.1) is 11.1 Å². The lowest BCUT2D eigenvalue weighted by Gasteiger charge is -2.42. The molecule has 1 amide bonds. The summed E-state index contributed by atoms with van der Waals surface area (Å²) in [6.07, 6.45) is 6.17. The van der Waals surface area contributed by atoms with Crippen LogP contribution in [0.2, 0.25) is 0 Å². The van der Waals surface area contributed by atoms with Crippen molar-refractivity contribution in [2.75, 3.05) is 13.1 Å². The van der Waals surface area contributed by atoms with Crippen molar-refractivity contribution in [3.8, 4) is 0 Å². The summed E-state index contributed by atoms with van der Waals surface area (Å²) < 4.78 is 5.44. The second-order valence-electron chi connectivity index (χ2n) is 8.54. The molecule has 1 saturated heterocycles. The molecule has 1 heterocycles. The molecule has 134 valence electrons. The number of rotatable bonds is 2. The van der Waals surface area contributed by atoms with Gasteiger partial charge in [-0.25, -0.2) is 4.79 Å². The Hall–Kier alpha value is -0.810.